The average molecular weight is 297 g/mol. The molecule has 0 saturated carbocycles. The largest absolute Gasteiger partial charge is 0.488 e. The van der Waals surface area contributed by atoms with Gasteiger partial charge in [-0.05, 0) is 34.1 Å². The van der Waals surface area contributed by atoms with E-state index in [0.29, 0.717) is 21.5 Å². The zero-order valence-corrected chi connectivity index (χ0v) is 10.4. The third-order valence-corrected chi connectivity index (χ3v) is 3.00. The number of nitrogens with zero attached hydrogens (tertiary/aromatic N) is 1. The number of halogens is 2. The molecule has 0 aliphatic rings. The first-order chi connectivity index (χ1) is 8.16. The minimum Gasteiger partial charge on any atom is -0.488 e. The highest BCUT2D eigenvalue weighted by molar-refractivity contribution is 9.10. The second kappa shape index (κ2) is 5.14. The number of anilines is 1. The van der Waals surface area contributed by atoms with Crippen molar-refractivity contribution >= 4 is 21.6 Å². The molecule has 0 aliphatic carbocycles. The van der Waals surface area contributed by atoms with E-state index in [2.05, 4.69) is 20.9 Å². The van der Waals surface area contributed by atoms with Crippen LogP contribution >= 0.6 is 15.9 Å². The van der Waals surface area contributed by atoms with E-state index in [9.17, 15) is 4.39 Å². The standard InChI is InChI=1S/C12H10BrFN2O/c13-12-10(15)2-1-3-11(12)17-7-8-4-9(14)6-16-5-8/h1-6H,7,15H2. The fourth-order valence-electron chi connectivity index (χ4n) is 1.34. The highest BCUT2D eigenvalue weighted by Crippen LogP contribution is 2.30. The van der Waals surface area contributed by atoms with E-state index in [1.54, 1.807) is 24.4 Å². The van der Waals surface area contributed by atoms with Gasteiger partial charge in [-0.1, -0.05) is 6.07 Å². The quantitative estimate of drug-likeness (QED) is 0.885. The Morgan fingerprint density at radius 1 is 1.35 bits per heavy atom. The van der Waals surface area contributed by atoms with Crippen molar-refractivity contribution in [1.82, 2.24) is 4.98 Å². The van der Waals surface area contributed by atoms with Gasteiger partial charge in [-0.25, -0.2) is 4.39 Å². The number of rotatable bonds is 3. The van der Waals surface area contributed by atoms with Gasteiger partial charge in [-0.15, -0.1) is 0 Å². The number of pyridine rings is 1. The lowest BCUT2D eigenvalue weighted by atomic mass is 10.3. The summed E-state index contributed by atoms with van der Waals surface area (Å²) in [5.41, 5.74) is 6.98. The molecule has 2 N–H and O–H groups in total. The Balaban J connectivity index is 2.10. The smallest absolute Gasteiger partial charge is 0.141 e. The predicted molar refractivity (Wildman–Crippen MR) is 67.1 cm³/mol. The summed E-state index contributed by atoms with van der Waals surface area (Å²) in [5.74, 6) is 0.243. The summed E-state index contributed by atoms with van der Waals surface area (Å²) in [6.07, 6.45) is 2.71. The fraction of sp³-hybridized carbons (Fsp3) is 0.0833. The highest BCUT2D eigenvalue weighted by atomic mass is 79.9. The molecule has 0 fully saturated rings. The van der Waals surface area contributed by atoms with Gasteiger partial charge in [-0.3, -0.25) is 4.98 Å². The first-order valence-corrected chi connectivity index (χ1v) is 5.72. The summed E-state index contributed by atoms with van der Waals surface area (Å²) in [4.78, 5) is 3.75. The minimum atomic E-state index is -0.377. The van der Waals surface area contributed by atoms with Crippen LogP contribution in [0.15, 0.2) is 41.1 Å². The topological polar surface area (TPSA) is 48.1 Å². The molecule has 0 amide bonds. The Labute approximate surface area is 107 Å². The summed E-state index contributed by atoms with van der Waals surface area (Å²) in [6, 6.07) is 6.72. The number of hydrogen-bond acceptors (Lipinski definition) is 3. The number of hydrogen-bond donors (Lipinski definition) is 1. The Morgan fingerprint density at radius 2 is 2.18 bits per heavy atom. The predicted octanol–water partition coefficient (Wildman–Crippen LogP) is 3.14. The average Bonchev–Trinajstić information content (AvgIpc) is 2.31. The van der Waals surface area contributed by atoms with Gasteiger partial charge in [0.15, 0.2) is 0 Å². The summed E-state index contributed by atoms with van der Waals surface area (Å²) >= 11 is 3.33. The van der Waals surface area contributed by atoms with E-state index in [1.165, 1.54) is 6.07 Å². The lowest BCUT2D eigenvalue weighted by Gasteiger charge is -2.09. The van der Waals surface area contributed by atoms with Crippen molar-refractivity contribution in [2.24, 2.45) is 0 Å². The lowest BCUT2D eigenvalue weighted by molar-refractivity contribution is 0.303. The molecular weight excluding hydrogens is 287 g/mol. The van der Waals surface area contributed by atoms with E-state index in [4.69, 9.17) is 10.5 Å². The van der Waals surface area contributed by atoms with Crippen LogP contribution in [0.3, 0.4) is 0 Å². The molecule has 0 bridgehead atoms. The molecular formula is C12H10BrFN2O. The molecule has 0 unspecified atom stereocenters. The van der Waals surface area contributed by atoms with Crippen LogP contribution < -0.4 is 10.5 Å². The first kappa shape index (κ1) is 11.9. The van der Waals surface area contributed by atoms with Gasteiger partial charge >= 0.3 is 0 Å². The van der Waals surface area contributed by atoms with E-state index in [-0.39, 0.29) is 12.4 Å². The number of nitrogens with two attached hydrogens (primary N) is 1. The molecule has 5 heteroatoms. The second-order valence-electron chi connectivity index (χ2n) is 3.46. The molecule has 1 aromatic carbocycles. The van der Waals surface area contributed by atoms with E-state index < -0.39 is 0 Å². The number of ether oxygens (including phenoxy) is 1. The summed E-state index contributed by atoms with van der Waals surface area (Å²) in [5, 5.41) is 0. The maximum absolute atomic E-state index is 12.9. The van der Waals surface area contributed by atoms with Crippen molar-refractivity contribution in [3.63, 3.8) is 0 Å². The summed E-state index contributed by atoms with van der Waals surface area (Å²) in [6.45, 7) is 0.243. The van der Waals surface area contributed by atoms with Crippen LogP contribution in [0.4, 0.5) is 10.1 Å². The molecule has 2 aromatic rings. The van der Waals surface area contributed by atoms with E-state index in [0.717, 1.165) is 6.20 Å². The zero-order valence-electron chi connectivity index (χ0n) is 8.86. The van der Waals surface area contributed by atoms with Crippen LogP contribution in [-0.2, 0) is 6.61 Å². The van der Waals surface area contributed by atoms with Crippen LogP contribution in [0.25, 0.3) is 0 Å². The van der Waals surface area contributed by atoms with Gasteiger partial charge in [0.05, 0.1) is 10.7 Å². The Hall–Kier alpha value is -1.62. The molecule has 17 heavy (non-hydrogen) atoms. The van der Waals surface area contributed by atoms with Gasteiger partial charge in [0.1, 0.15) is 18.2 Å². The van der Waals surface area contributed by atoms with Gasteiger partial charge in [-0.2, -0.15) is 0 Å². The van der Waals surface area contributed by atoms with Crippen molar-refractivity contribution in [3.8, 4) is 5.75 Å². The maximum atomic E-state index is 12.9. The van der Waals surface area contributed by atoms with Crippen LogP contribution in [0, 0.1) is 5.82 Å². The molecule has 88 valence electrons. The molecule has 2 rings (SSSR count). The third kappa shape index (κ3) is 2.94. The third-order valence-electron chi connectivity index (χ3n) is 2.15. The van der Waals surface area contributed by atoms with Crippen molar-refractivity contribution in [2.45, 2.75) is 6.61 Å². The van der Waals surface area contributed by atoms with E-state index in [1.807, 2.05) is 0 Å². The highest BCUT2D eigenvalue weighted by Gasteiger charge is 2.04. The second-order valence-corrected chi connectivity index (χ2v) is 4.25. The zero-order chi connectivity index (χ0) is 12.3. The molecule has 0 atom stereocenters. The van der Waals surface area contributed by atoms with Gasteiger partial charge < -0.3 is 10.5 Å². The monoisotopic (exact) mass is 296 g/mol. The normalized spacial score (nSPS) is 10.2. The lowest BCUT2D eigenvalue weighted by Crippen LogP contribution is -1.98. The fourth-order valence-corrected chi connectivity index (χ4v) is 1.71. The summed E-state index contributed by atoms with van der Waals surface area (Å²) < 4.78 is 19.1. The van der Waals surface area contributed by atoms with Crippen molar-refractivity contribution in [2.75, 3.05) is 5.73 Å². The molecule has 3 nitrogen and oxygen atoms in total. The van der Waals surface area contributed by atoms with E-state index >= 15 is 0 Å². The number of benzene rings is 1. The molecule has 0 spiro atoms. The van der Waals surface area contributed by atoms with Gasteiger partial charge in [0, 0.05) is 17.4 Å². The maximum Gasteiger partial charge on any atom is 0.141 e. The molecule has 0 aliphatic heterocycles. The summed E-state index contributed by atoms with van der Waals surface area (Å²) in [7, 11) is 0. The Morgan fingerprint density at radius 3 is 2.94 bits per heavy atom. The van der Waals surface area contributed by atoms with Crippen LogP contribution in [-0.4, -0.2) is 4.98 Å². The van der Waals surface area contributed by atoms with Crippen molar-refractivity contribution < 1.29 is 9.13 Å². The van der Waals surface area contributed by atoms with Crippen LogP contribution in [0.2, 0.25) is 0 Å². The molecule has 0 saturated heterocycles. The van der Waals surface area contributed by atoms with Crippen LogP contribution in [0.5, 0.6) is 5.75 Å². The number of nitrogen functional groups attached to an aromatic ring is 1. The molecule has 1 aromatic heterocycles. The van der Waals surface area contributed by atoms with Crippen molar-refractivity contribution in [3.05, 3.63) is 52.5 Å². The first-order valence-electron chi connectivity index (χ1n) is 4.93. The SMILES string of the molecule is Nc1cccc(OCc2cncc(F)c2)c1Br. The van der Waals surface area contributed by atoms with Crippen molar-refractivity contribution in [1.29, 1.82) is 0 Å². The van der Waals surface area contributed by atoms with Gasteiger partial charge in [0.2, 0.25) is 0 Å². The minimum absolute atomic E-state index is 0.243. The Bertz CT molecular complexity index is 534. The van der Waals surface area contributed by atoms with Gasteiger partial charge in [0.25, 0.3) is 0 Å². The molecule has 1 heterocycles. The van der Waals surface area contributed by atoms with Crippen LogP contribution in [0.1, 0.15) is 5.56 Å². The Kier molecular flexibility index (Phi) is 3.58. The molecule has 0 radical (unpaired) electrons. The number of aromatic nitrogens is 1.